The van der Waals surface area contributed by atoms with E-state index >= 15 is 0 Å². The quantitative estimate of drug-likeness (QED) is 0.633. The van der Waals surface area contributed by atoms with Crippen molar-refractivity contribution in [3.8, 4) is 11.6 Å². The summed E-state index contributed by atoms with van der Waals surface area (Å²) in [5.41, 5.74) is 2.04. The second-order valence-corrected chi connectivity index (χ2v) is 6.15. The van der Waals surface area contributed by atoms with Crippen molar-refractivity contribution in [2.45, 2.75) is 6.92 Å². The van der Waals surface area contributed by atoms with Gasteiger partial charge in [0.2, 0.25) is 5.88 Å². The summed E-state index contributed by atoms with van der Waals surface area (Å²) >= 11 is 11.1. The van der Waals surface area contributed by atoms with E-state index in [0.29, 0.717) is 16.7 Å². The van der Waals surface area contributed by atoms with Gasteiger partial charge in [0, 0.05) is 4.47 Å². The lowest BCUT2D eigenvalue weighted by Gasteiger charge is -2.07. The number of benzene rings is 1. The van der Waals surface area contributed by atoms with Crippen molar-refractivity contribution in [3.05, 3.63) is 45.0 Å². The van der Waals surface area contributed by atoms with Crippen molar-refractivity contribution in [1.29, 1.82) is 0 Å². The number of rotatable bonds is 2. The topological polar surface area (TPSA) is 35.0 Å². The van der Waals surface area contributed by atoms with Gasteiger partial charge in [-0.3, -0.25) is 0 Å². The Morgan fingerprint density at radius 3 is 3.00 bits per heavy atom. The second-order valence-electron chi connectivity index (χ2n) is 3.95. The monoisotopic (exact) mass is 354 g/mol. The van der Waals surface area contributed by atoms with Crippen LogP contribution in [0.4, 0.5) is 0 Å². The average molecular weight is 356 g/mol. The van der Waals surface area contributed by atoms with E-state index in [1.807, 2.05) is 24.4 Å². The highest BCUT2D eigenvalue weighted by Crippen LogP contribution is 2.36. The smallest absolute Gasteiger partial charge is 0.240 e. The molecule has 96 valence electrons. The first-order valence-corrected chi connectivity index (χ1v) is 7.52. The maximum absolute atomic E-state index is 6.12. The van der Waals surface area contributed by atoms with E-state index in [0.717, 1.165) is 20.3 Å². The molecule has 0 spiro atoms. The molecule has 0 unspecified atom stereocenters. The molecule has 3 rings (SSSR count). The summed E-state index contributed by atoms with van der Waals surface area (Å²) in [6.45, 7) is 2.02. The zero-order chi connectivity index (χ0) is 13.4. The molecule has 1 aromatic carbocycles. The summed E-state index contributed by atoms with van der Waals surface area (Å²) in [4.78, 5) is 8.45. The number of ether oxygens (including phenoxy) is 1. The van der Waals surface area contributed by atoms with E-state index < -0.39 is 0 Å². The van der Waals surface area contributed by atoms with Crippen LogP contribution in [-0.4, -0.2) is 9.97 Å². The van der Waals surface area contributed by atoms with Gasteiger partial charge in [0.15, 0.2) is 0 Å². The molecular weight excluding hydrogens is 348 g/mol. The highest BCUT2D eigenvalue weighted by Gasteiger charge is 2.12. The van der Waals surface area contributed by atoms with Crippen LogP contribution in [0.15, 0.2) is 34.4 Å². The summed E-state index contributed by atoms with van der Waals surface area (Å²) < 4.78 is 7.64. The Labute approximate surface area is 127 Å². The van der Waals surface area contributed by atoms with Gasteiger partial charge in [0.05, 0.1) is 10.5 Å². The van der Waals surface area contributed by atoms with Gasteiger partial charge in [-0.2, -0.15) is 0 Å². The van der Waals surface area contributed by atoms with Gasteiger partial charge in [0.25, 0.3) is 0 Å². The zero-order valence-electron chi connectivity index (χ0n) is 9.85. The molecule has 0 saturated heterocycles. The molecule has 2 heterocycles. The zero-order valence-corrected chi connectivity index (χ0v) is 13.0. The van der Waals surface area contributed by atoms with Crippen molar-refractivity contribution in [3.63, 3.8) is 0 Å². The fourth-order valence-corrected chi connectivity index (χ4v) is 3.10. The Bertz CT molecular complexity index is 759. The SMILES string of the molecule is Cc1csc2c(Oc3cc(Br)ccc3Cl)ncnc12. The summed E-state index contributed by atoms with van der Waals surface area (Å²) in [7, 11) is 0. The number of aryl methyl sites for hydroxylation is 1. The molecule has 0 radical (unpaired) electrons. The van der Waals surface area contributed by atoms with Crippen molar-refractivity contribution < 1.29 is 4.74 Å². The van der Waals surface area contributed by atoms with Gasteiger partial charge in [-0.1, -0.05) is 27.5 Å². The van der Waals surface area contributed by atoms with Crippen molar-refractivity contribution in [2.24, 2.45) is 0 Å². The molecule has 0 N–H and O–H groups in total. The van der Waals surface area contributed by atoms with Crippen LogP contribution < -0.4 is 4.74 Å². The minimum Gasteiger partial charge on any atom is -0.436 e. The molecule has 0 aliphatic carbocycles. The number of hydrogen-bond acceptors (Lipinski definition) is 4. The number of fused-ring (bicyclic) bond motifs is 1. The molecule has 3 aromatic rings. The van der Waals surface area contributed by atoms with E-state index in [1.165, 1.54) is 6.33 Å². The Balaban J connectivity index is 2.08. The van der Waals surface area contributed by atoms with Crippen LogP contribution in [-0.2, 0) is 0 Å². The minimum absolute atomic E-state index is 0.531. The Kier molecular flexibility index (Phi) is 3.43. The summed E-state index contributed by atoms with van der Waals surface area (Å²) in [6, 6.07) is 5.45. The third-order valence-electron chi connectivity index (χ3n) is 2.60. The summed E-state index contributed by atoms with van der Waals surface area (Å²) in [6.07, 6.45) is 1.50. The van der Waals surface area contributed by atoms with E-state index in [9.17, 15) is 0 Å². The molecule has 0 aliphatic heterocycles. The third-order valence-corrected chi connectivity index (χ3v) is 4.48. The van der Waals surface area contributed by atoms with Gasteiger partial charge >= 0.3 is 0 Å². The lowest BCUT2D eigenvalue weighted by Crippen LogP contribution is -1.90. The van der Waals surface area contributed by atoms with Gasteiger partial charge in [-0.25, -0.2) is 9.97 Å². The van der Waals surface area contributed by atoms with Crippen LogP contribution in [0.2, 0.25) is 5.02 Å². The van der Waals surface area contributed by atoms with Gasteiger partial charge < -0.3 is 4.74 Å². The molecule has 0 atom stereocenters. The van der Waals surface area contributed by atoms with Crippen LogP contribution in [0.25, 0.3) is 10.2 Å². The van der Waals surface area contributed by atoms with E-state index in [-0.39, 0.29) is 0 Å². The lowest BCUT2D eigenvalue weighted by molar-refractivity contribution is 0.469. The van der Waals surface area contributed by atoms with E-state index in [4.69, 9.17) is 16.3 Å². The number of halogens is 2. The normalized spacial score (nSPS) is 10.9. The van der Waals surface area contributed by atoms with Gasteiger partial charge in [0.1, 0.15) is 16.8 Å². The predicted octanol–water partition coefficient (Wildman–Crippen LogP) is 5.21. The maximum atomic E-state index is 6.12. The van der Waals surface area contributed by atoms with Crippen LogP contribution in [0, 0.1) is 6.92 Å². The van der Waals surface area contributed by atoms with Crippen molar-refractivity contribution >= 4 is 49.1 Å². The predicted molar refractivity (Wildman–Crippen MR) is 81.4 cm³/mol. The number of nitrogens with zero attached hydrogens (tertiary/aromatic N) is 2. The molecule has 0 bridgehead atoms. The van der Waals surface area contributed by atoms with Gasteiger partial charge in [-0.05, 0) is 36.1 Å². The highest BCUT2D eigenvalue weighted by molar-refractivity contribution is 9.10. The fraction of sp³-hybridized carbons (Fsp3) is 0.0769. The molecule has 0 amide bonds. The maximum Gasteiger partial charge on any atom is 0.240 e. The number of aromatic nitrogens is 2. The lowest BCUT2D eigenvalue weighted by atomic mass is 10.3. The summed E-state index contributed by atoms with van der Waals surface area (Å²) in [5, 5.41) is 2.58. The van der Waals surface area contributed by atoms with Gasteiger partial charge in [-0.15, -0.1) is 11.3 Å². The first kappa shape index (κ1) is 12.8. The third kappa shape index (κ3) is 2.45. The highest BCUT2D eigenvalue weighted by atomic mass is 79.9. The Morgan fingerprint density at radius 1 is 1.32 bits per heavy atom. The van der Waals surface area contributed by atoms with Crippen LogP contribution in [0.1, 0.15) is 5.56 Å². The molecule has 0 aliphatic rings. The molecule has 6 heteroatoms. The molecular formula is C13H8BrClN2OS. The molecule has 3 nitrogen and oxygen atoms in total. The van der Waals surface area contributed by atoms with Crippen molar-refractivity contribution in [2.75, 3.05) is 0 Å². The molecule has 0 fully saturated rings. The van der Waals surface area contributed by atoms with E-state index in [1.54, 1.807) is 17.4 Å². The van der Waals surface area contributed by atoms with Crippen LogP contribution >= 0.6 is 38.9 Å². The molecule has 0 saturated carbocycles. The van der Waals surface area contributed by atoms with Crippen LogP contribution in [0.3, 0.4) is 0 Å². The minimum atomic E-state index is 0.531. The van der Waals surface area contributed by atoms with Crippen LogP contribution in [0.5, 0.6) is 11.6 Å². The number of thiophene rings is 1. The number of hydrogen-bond donors (Lipinski definition) is 0. The van der Waals surface area contributed by atoms with E-state index in [2.05, 4.69) is 25.9 Å². The molecule has 19 heavy (non-hydrogen) atoms. The first-order chi connectivity index (χ1) is 9.15. The fourth-order valence-electron chi connectivity index (χ4n) is 1.68. The Hall–Kier alpha value is -1.17. The largest absolute Gasteiger partial charge is 0.436 e. The second kappa shape index (κ2) is 5.07. The average Bonchev–Trinajstić information content (AvgIpc) is 2.77. The first-order valence-electron chi connectivity index (χ1n) is 5.47. The molecule has 2 aromatic heterocycles. The summed E-state index contributed by atoms with van der Waals surface area (Å²) in [5.74, 6) is 1.10. The Morgan fingerprint density at radius 2 is 2.16 bits per heavy atom. The standard InChI is InChI=1S/C13H8BrClN2OS/c1-7-5-19-12-11(7)16-6-17-13(12)18-10-4-8(14)2-3-9(10)15/h2-6H,1H3. The van der Waals surface area contributed by atoms with Crippen molar-refractivity contribution in [1.82, 2.24) is 9.97 Å².